The molecule has 11 aromatic heterocycles. The minimum atomic E-state index is -0.561. The third-order valence-corrected chi connectivity index (χ3v) is 26.3. The van der Waals surface area contributed by atoms with Gasteiger partial charge in [-0.15, -0.1) is 9.59 Å². The van der Waals surface area contributed by atoms with Gasteiger partial charge in [0, 0.05) is 124 Å². The van der Waals surface area contributed by atoms with Crippen molar-refractivity contribution in [2.45, 2.75) is 174 Å². The van der Waals surface area contributed by atoms with Gasteiger partial charge in [0.25, 0.3) is 23.6 Å². The molecule has 648 valence electrons. The van der Waals surface area contributed by atoms with Crippen molar-refractivity contribution in [3.8, 4) is 34.4 Å². The normalized spacial score (nSPS) is 22.3. The topological polar surface area (TPSA) is 333 Å². The van der Waals surface area contributed by atoms with E-state index in [1.165, 1.54) is 15.7 Å². The molecule has 4 aliphatic carbocycles. The van der Waals surface area contributed by atoms with E-state index in [0.29, 0.717) is 125 Å². The molecule has 0 radical (unpaired) electrons. The highest BCUT2D eigenvalue weighted by atomic mass is 35.5. The predicted molar refractivity (Wildman–Crippen MR) is 479 cm³/mol. The number of carbonyl (C=O) groups is 4. The van der Waals surface area contributed by atoms with Crippen molar-refractivity contribution in [2.24, 2.45) is 23.7 Å². The molecule has 24 rings (SSSR count). The standard InChI is InChI=1S/C24H23ClFN5O.C24H25ClN6O.2C22H24ClN7O/c1-14-10-17(25)23(29-12-14)30-19-11-15-6-7-20(19)31(13-15)24(32)21-16(4-2-5-18(21)26)22-27-8-3-9-28-22;1-14-8-17(21(28-11-14)23-26-6-3-7-27-23)24(32)31-13-16-4-5-20(31)19(10-16)30-22-18(25)9-15(2)12-29-22;1-13-9-16(23)21(24-11-13)28-17-10-15-4-6-18(17)29(12-15)22(31)20-19(5-3-14(2)27-20)30-25-7-8-26-30;1-13-7-16(21(25-11-13)30-26-5-6-27-30)22(31)29-12-15-3-4-19(29)18(9-15)28-20-17(23)8-14(2)10-24-20/h2-5,8-10,12,15,19-20H,6-7,11,13H2,1H3,(H,29,30);3,6-9,11-12,16,19-20H,4-5,10,13H2,1-2H3,(H,29,30);3,5,7-9,11,15,17-18H,4,6,10,12H2,1-2H3,(H,24,28);5-8,10-11,15,18-19H,3-4,9,12H2,1-2H3,(H,24,28). The number of nitrogens with zero attached hydrogens (tertiary/aromatic N) is 21. The number of halogens is 5. The first kappa shape index (κ1) is 86.0. The molecule has 4 N–H and O–H groups in total. The van der Waals surface area contributed by atoms with E-state index in [2.05, 4.69) is 96.5 Å². The van der Waals surface area contributed by atoms with Crippen LogP contribution in [0, 0.1) is 78.0 Å². The number of pyridine rings is 7. The molecule has 12 unspecified atom stereocenters. The number of anilines is 4. The van der Waals surface area contributed by atoms with Crippen molar-refractivity contribution >= 4 is 93.3 Å². The largest absolute Gasteiger partial charge is 0.364 e. The number of piperidine rings is 8. The Labute approximate surface area is 749 Å². The van der Waals surface area contributed by atoms with Gasteiger partial charge in [-0.25, -0.2) is 54.2 Å². The maximum absolute atomic E-state index is 15.0. The average Bonchev–Trinajstić information content (AvgIpc) is 0.979. The molecule has 34 heteroatoms. The maximum atomic E-state index is 15.0. The Balaban J connectivity index is 0.000000119. The van der Waals surface area contributed by atoms with Gasteiger partial charge in [-0.05, 0) is 249 Å². The molecule has 8 bridgehead atoms. The Morgan fingerprint density at radius 2 is 0.738 bits per heavy atom. The van der Waals surface area contributed by atoms with Crippen LogP contribution in [-0.2, 0) is 0 Å². The van der Waals surface area contributed by atoms with Crippen molar-refractivity contribution in [3.63, 3.8) is 0 Å². The number of fused-ring (bicyclic) bond motifs is 12. The highest BCUT2D eigenvalue weighted by Crippen LogP contribution is 2.45. The van der Waals surface area contributed by atoms with E-state index in [4.69, 9.17) is 46.4 Å². The van der Waals surface area contributed by atoms with Crippen LogP contribution in [0.25, 0.3) is 34.4 Å². The van der Waals surface area contributed by atoms with Crippen LogP contribution < -0.4 is 21.3 Å². The fourth-order valence-corrected chi connectivity index (χ4v) is 20.4. The van der Waals surface area contributed by atoms with Crippen LogP contribution in [0.3, 0.4) is 0 Å². The number of hydrogen-bond acceptors (Lipinski definition) is 23. The summed E-state index contributed by atoms with van der Waals surface area (Å²) in [7, 11) is 0. The summed E-state index contributed by atoms with van der Waals surface area (Å²) in [5.74, 6) is 4.54. The first-order valence-electron chi connectivity index (χ1n) is 42.8. The molecule has 4 saturated carbocycles. The number of benzene rings is 1. The van der Waals surface area contributed by atoms with Crippen molar-refractivity contribution in [2.75, 3.05) is 47.4 Å². The molecular formula is C92H96Cl4FN25O4. The number of nitrogens with one attached hydrogen (secondary N) is 4. The first-order valence-corrected chi connectivity index (χ1v) is 44.3. The number of aromatic nitrogens is 17. The predicted octanol–water partition coefficient (Wildman–Crippen LogP) is 15.9. The number of rotatable bonds is 16. The molecule has 12 atom stereocenters. The second kappa shape index (κ2) is 37.6. The smallest absolute Gasteiger partial charge is 0.275 e. The Kier molecular flexibility index (Phi) is 25.7. The summed E-state index contributed by atoms with van der Waals surface area (Å²) >= 11 is 25.6. The van der Waals surface area contributed by atoms with Gasteiger partial charge in [0.05, 0.1) is 85.7 Å². The Morgan fingerprint density at radius 1 is 0.373 bits per heavy atom. The first-order chi connectivity index (χ1) is 61.0. The second-order valence-electron chi connectivity index (χ2n) is 34.2. The number of carbonyl (C=O) groups excluding carboxylic acids is 4. The molecular weight excluding hydrogens is 1680 g/mol. The zero-order chi connectivity index (χ0) is 87.6. The zero-order valence-corrected chi connectivity index (χ0v) is 73.8. The zero-order valence-electron chi connectivity index (χ0n) is 70.7. The molecule has 4 amide bonds. The summed E-state index contributed by atoms with van der Waals surface area (Å²) in [6.07, 6.45) is 35.6. The van der Waals surface area contributed by atoms with E-state index in [9.17, 15) is 23.6 Å². The molecule has 12 aliphatic rings. The monoisotopic (exact) mass is 1770 g/mol. The van der Waals surface area contributed by atoms with Crippen LogP contribution in [0.5, 0.6) is 0 Å². The van der Waals surface area contributed by atoms with Crippen molar-refractivity contribution in [3.05, 3.63) is 253 Å². The highest BCUT2D eigenvalue weighted by molar-refractivity contribution is 6.34. The van der Waals surface area contributed by atoms with Crippen LogP contribution in [0.2, 0.25) is 20.1 Å². The van der Waals surface area contributed by atoms with Gasteiger partial charge in [-0.2, -0.15) is 20.4 Å². The summed E-state index contributed by atoms with van der Waals surface area (Å²) in [6, 6.07) is 23.5. The van der Waals surface area contributed by atoms with Crippen LogP contribution >= 0.6 is 46.4 Å². The summed E-state index contributed by atoms with van der Waals surface area (Å²) in [5.41, 5.74) is 9.68. The lowest BCUT2D eigenvalue weighted by atomic mass is 9.76. The molecule has 0 spiro atoms. The minimum absolute atomic E-state index is 0.00218. The van der Waals surface area contributed by atoms with E-state index in [-0.39, 0.29) is 77.5 Å². The number of aryl methyl sites for hydroxylation is 7. The van der Waals surface area contributed by atoms with E-state index >= 15 is 0 Å². The molecule has 29 nitrogen and oxygen atoms in total. The third-order valence-electron chi connectivity index (χ3n) is 25.1. The molecule has 8 aliphatic heterocycles. The van der Waals surface area contributed by atoms with Gasteiger partial charge in [0.1, 0.15) is 40.5 Å². The highest BCUT2D eigenvalue weighted by Gasteiger charge is 2.49. The van der Waals surface area contributed by atoms with E-state index in [1.807, 2.05) is 123 Å². The molecule has 126 heavy (non-hydrogen) atoms. The lowest BCUT2D eigenvalue weighted by Gasteiger charge is -2.50. The van der Waals surface area contributed by atoms with E-state index in [0.717, 1.165) is 136 Å². The van der Waals surface area contributed by atoms with E-state index in [1.54, 1.807) is 105 Å². The lowest BCUT2D eigenvalue weighted by molar-refractivity contribution is 0.0273. The van der Waals surface area contributed by atoms with Crippen LogP contribution in [-0.4, -0.2) is 203 Å². The van der Waals surface area contributed by atoms with Gasteiger partial charge in [-0.1, -0.05) is 58.5 Å². The Hall–Kier alpha value is -12.1. The molecule has 1 aromatic carbocycles. The molecule has 12 fully saturated rings. The Bertz CT molecular complexity index is 5810. The van der Waals surface area contributed by atoms with Gasteiger partial charge in [0.15, 0.2) is 23.2 Å². The second-order valence-corrected chi connectivity index (χ2v) is 35.9. The van der Waals surface area contributed by atoms with Gasteiger partial charge >= 0.3 is 0 Å². The van der Waals surface area contributed by atoms with Gasteiger partial charge < -0.3 is 40.9 Å². The van der Waals surface area contributed by atoms with Crippen LogP contribution in [0.4, 0.5) is 27.7 Å². The fraction of sp³-hybridized carbons (Fsp3) is 0.380. The molecule has 19 heterocycles. The van der Waals surface area contributed by atoms with Crippen LogP contribution in [0.1, 0.15) is 158 Å². The molecule has 8 saturated heterocycles. The SMILES string of the molecule is Cc1cnc(NC2CC3CCC2N(C(=O)c2c(F)cccc2-c2ncccn2)C3)c(Cl)c1.Cc1cnc(NC2CC3CCC2N(C(=O)c2cc(C)cnc2-c2ncccn2)C3)c(Cl)c1.Cc1cnc(NC2CC3CCC2N(C(=O)c2cc(C)cnc2-n2nccn2)C3)c(Cl)c1.Cc1cnc(NC2CC3CCC2N(C(=O)c2nc(C)ccc2-n2nccn2)C3)c(Cl)c1. The van der Waals surface area contributed by atoms with Crippen molar-refractivity contribution in [1.82, 2.24) is 104 Å². The summed E-state index contributed by atoms with van der Waals surface area (Å²) in [5, 5.41) is 33.1. The summed E-state index contributed by atoms with van der Waals surface area (Å²) in [6.45, 7) is 16.4. The third kappa shape index (κ3) is 18.7. The van der Waals surface area contributed by atoms with Gasteiger partial charge in [0.2, 0.25) is 0 Å². The van der Waals surface area contributed by atoms with E-state index < -0.39 is 5.82 Å². The maximum Gasteiger partial charge on any atom is 0.275 e. The number of hydrogen-bond donors (Lipinski definition) is 4. The summed E-state index contributed by atoms with van der Waals surface area (Å²) < 4.78 is 15.0. The number of amides is 4. The van der Waals surface area contributed by atoms with Gasteiger partial charge in [-0.3, -0.25) is 24.2 Å². The fourth-order valence-electron chi connectivity index (χ4n) is 19.3. The van der Waals surface area contributed by atoms with Crippen molar-refractivity contribution in [1.29, 1.82) is 0 Å². The average molecular weight is 1780 g/mol. The lowest BCUT2D eigenvalue weighted by Crippen LogP contribution is -2.60. The summed E-state index contributed by atoms with van der Waals surface area (Å²) in [4.78, 5) is 114. The Morgan fingerprint density at radius 3 is 1.16 bits per heavy atom. The van der Waals surface area contributed by atoms with Crippen LogP contribution in [0.15, 0.2) is 166 Å². The molecule has 12 aromatic rings. The van der Waals surface area contributed by atoms with Crippen molar-refractivity contribution < 1.29 is 23.6 Å². The minimum Gasteiger partial charge on any atom is -0.364 e. The quantitative estimate of drug-likeness (QED) is 0.0698.